The summed E-state index contributed by atoms with van der Waals surface area (Å²) in [6.07, 6.45) is 9.48. The molecule has 4 aliphatic rings. The molecule has 2 aliphatic heterocycles. The fourth-order valence-electron chi connectivity index (χ4n) is 8.20. The van der Waals surface area contributed by atoms with Gasteiger partial charge in [-0.2, -0.15) is 0 Å². The maximum absolute atomic E-state index is 14.1. The molecule has 2 saturated carbocycles. The Morgan fingerprint density at radius 1 is 1.02 bits per heavy atom. The van der Waals surface area contributed by atoms with E-state index >= 15 is 0 Å². The number of fused-ring (bicyclic) bond motifs is 2. The van der Waals surface area contributed by atoms with Gasteiger partial charge in [-0.05, 0) is 95.9 Å². The molecule has 41 heavy (non-hydrogen) atoms. The van der Waals surface area contributed by atoms with Crippen molar-refractivity contribution in [2.75, 3.05) is 26.7 Å². The van der Waals surface area contributed by atoms with E-state index in [-0.39, 0.29) is 35.2 Å². The van der Waals surface area contributed by atoms with Crippen LogP contribution in [0.2, 0.25) is 5.02 Å². The zero-order valence-corrected chi connectivity index (χ0v) is 26.1. The summed E-state index contributed by atoms with van der Waals surface area (Å²) >= 11 is 6.13. The SMILES string of the molecule is CN1C[C@H]2C[C@@H]1[C@H](C(=O)N[C@H](Cc1ccc(Cl)cc1)C(=O)N1CCC(C(=O)NC(C)(C)C)(C3CCCCC3)CC1)C2. The zero-order valence-electron chi connectivity index (χ0n) is 25.4. The Kier molecular flexibility index (Phi) is 9.06. The van der Waals surface area contributed by atoms with E-state index in [2.05, 4.69) is 22.6 Å². The van der Waals surface area contributed by atoms with E-state index in [0.29, 0.717) is 49.2 Å². The molecule has 0 unspecified atom stereocenters. The van der Waals surface area contributed by atoms with Crippen LogP contribution in [-0.2, 0) is 20.8 Å². The topological polar surface area (TPSA) is 81.8 Å². The molecule has 0 aromatic heterocycles. The van der Waals surface area contributed by atoms with Crippen LogP contribution in [0.15, 0.2) is 24.3 Å². The fourth-order valence-corrected chi connectivity index (χ4v) is 8.33. The van der Waals surface area contributed by atoms with Gasteiger partial charge >= 0.3 is 0 Å². The molecule has 4 fully saturated rings. The van der Waals surface area contributed by atoms with Gasteiger partial charge in [-0.15, -0.1) is 0 Å². The summed E-state index contributed by atoms with van der Waals surface area (Å²) in [6, 6.07) is 7.15. The van der Waals surface area contributed by atoms with Gasteiger partial charge in [-0.3, -0.25) is 14.4 Å². The highest BCUT2D eigenvalue weighted by Crippen LogP contribution is 2.46. The van der Waals surface area contributed by atoms with E-state index in [1.807, 2.05) is 49.9 Å². The Hall–Kier alpha value is -2.12. The highest BCUT2D eigenvalue weighted by molar-refractivity contribution is 6.30. The van der Waals surface area contributed by atoms with Crippen LogP contribution in [0, 0.1) is 23.2 Å². The molecule has 1 aromatic rings. The van der Waals surface area contributed by atoms with Crippen LogP contribution < -0.4 is 10.6 Å². The van der Waals surface area contributed by atoms with E-state index in [0.717, 1.165) is 37.8 Å². The molecule has 2 aliphatic carbocycles. The lowest BCUT2D eigenvalue weighted by atomic mass is 9.63. The molecular weight excluding hydrogens is 536 g/mol. The fraction of sp³-hybridized carbons (Fsp3) is 0.727. The number of piperidine rings is 2. The third-order valence-electron chi connectivity index (χ3n) is 10.3. The Labute approximate surface area is 251 Å². The summed E-state index contributed by atoms with van der Waals surface area (Å²) < 4.78 is 0. The lowest BCUT2D eigenvalue weighted by Crippen LogP contribution is -2.59. The number of carbonyl (C=O) groups is 3. The van der Waals surface area contributed by atoms with Gasteiger partial charge < -0.3 is 20.4 Å². The van der Waals surface area contributed by atoms with Crippen LogP contribution in [0.4, 0.5) is 0 Å². The van der Waals surface area contributed by atoms with E-state index in [1.54, 1.807) is 0 Å². The maximum Gasteiger partial charge on any atom is 0.245 e. The van der Waals surface area contributed by atoms with Crippen molar-refractivity contribution in [1.82, 2.24) is 20.4 Å². The molecule has 5 rings (SSSR count). The first-order chi connectivity index (χ1) is 19.4. The van der Waals surface area contributed by atoms with Gasteiger partial charge in [0.25, 0.3) is 0 Å². The van der Waals surface area contributed by atoms with Crippen LogP contribution in [0.3, 0.4) is 0 Å². The highest BCUT2D eigenvalue weighted by Gasteiger charge is 2.50. The molecule has 2 bridgehead atoms. The molecule has 0 spiro atoms. The summed E-state index contributed by atoms with van der Waals surface area (Å²) in [4.78, 5) is 45.7. The Bertz CT molecular complexity index is 1100. The van der Waals surface area contributed by atoms with Crippen molar-refractivity contribution >= 4 is 29.3 Å². The van der Waals surface area contributed by atoms with Gasteiger partial charge in [-0.25, -0.2) is 0 Å². The van der Waals surface area contributed by atoms with Gasteiger partial charge in [0.05, 0.1) is 11.3 Å². The molecular formula is C33H49ClN4O3. The lowest BCUT2D eigenvalue weighted by molar-refractivity contribution is -0.147. The maximum atomic E-state index is 14.1. The van der Waals surface area contributed by atoms with Crippen molar-refractivity contribution in [1.29, 1.82) is 0 Å². The summed E-state index contributed by atoms with van der Waals surface area (Å²) in [5.74, 6) is 0.958. The minimum absolute atomic E-state index is 0.00511. The molecule has 8 heteroatoms. The standard InChI is InChI=1S/C33H49ClN4O3/c1-32(2,3)36-31(41)33(24-8-6-5-7-9-24)14-16-38(17-15-33)30(40)27(19-22-10-12-25(34)13-11-22)35-29(39)26-18-23-20-28(26)37(4)21-23/h10-13,23-24,26-28H,5-9,14-21H2,1-4H3,(H,35,39)(H,36,41)/t23-,26-,27-,28-/m1/s1. The van der Waals surface area contributed by atoms with Crippen LogP contribution >= 0.6 is 11.6 Å². The number of hydrogen-bond acceptors (Lipinski definition) is 4. The number of rotatable bonds is 7. The smallest absolute Gasteiger partial charge is 0.245 e. The quantitative estimate of drug-likeness (QED) is 0.482. The van der Waals surface area contributed by atoms with Crippen molar-refractivity contribution in [3.63, 3.8) is 0 Å². The highest BCUT2D eigenvalue weighted by atomic mass is 35.5. The van der Waals surface area contributed by atoms with E-state index in [4.69, 9.17) is 11.6 Å². The lowest BCUT2D eigenvalue weighted by Gasteiger charge is -2.48. The number of carbonyl (C=O) groups excluding carboxylic acids is 3. The zero-order chi connectivity index (χ0) is 29.4. The second-order valence-electron chi connectivity index (χ2n) is 14.4. The van der Waals surface area contributed by atoms with Crippen molar-refractivity contribution in [3.8, 4) is 0 Å². The van der Waals surface area contributed by atoms with Gasteiger partial charge in [0.1, 0.15) is 6.04 Å². The summed E-state index contributed by atoms with van der Waals surface area (Å²) in [5.41, 5.74) is 0.233. The molecule has 2 saturated heterocycles. The van der Waals surface area contributed by atoms with Crippen LogP contribution in [0.25, 0.3) is 0 Å². The van der Waals surface area contributed by atoms with Crippen molar-refractivity contribution < 1.29 is 14.4 Å². The first kappa shape index (κ1) is 30.3. The van der Waals surface area contributed by atoms with Gasteiger partial charge in [-0.1, -0.05) is 43.0 Å². The number of nitrogens with one attached hydrogen (secondary N) is 2. The van der Waals surface area contributed by atoms with Gasteiger partial charge in [0.15, 0.2) is 0 Å². The number of halogens is 1. The third kappa shape index (κ3) is 6.77. The average molecular weight is 585 g/mol. The van der Waals surface area contributed by atoms with E-state index in [1.165, 1.54) is 19.3 Å². The van der Waals surface area contributed by atoms with Crippen LogP contribution in [0.1, 0.15) is 84.1 Å². The van der Waals surface area contributed by atoms with E-state index < -0.39 is 11.5 Å². The molecule has 2 N–H and O–H groups in total. The third-order valence-corrected chi connectivity index (χ3v) is 10.6. The largest absolute Gasteiger partial charge is 0.351 e. The monoisotopic (exact) mass is 584 g/mol. The predicted octanol–water partition coefficient (Wildman–Crippen LogP) is 4.81. The number of nitrogens with zero attached hydrogens (tertiary/aromatic N) is 2. The summed E-state index contributed by atoms with van der Waals surface area (Å²) in [6.45, 7) is 8.25. The number of benzene rings is 1. The number of amides is 3. The summed E-state index contributed by atoms with van der Waals surface area (Å²) in [7, 11) is 2.10. The first-order valence-corrected chi connectivity index (χ1v) is 16.2. The average Bonchev–Trinajstić information content (AvgIpc) is 3.53. The molecule has 7 nitrogen and oxygen atoms in total. The van der Waals surface area contributed by atoms with Crippen molar-refractivity contribution in [2.45, 2.75) is 103 Å². The summed E-state index contributed by atoms with van der Waals surface area (Å²) in [5, 5.41) is 7.13. The molecule has 3 amide bonds. The van der Waals surface area contributed by atoms with Crippen molar-refractivity contribution in [2.24, 2.45) is 23.2 Å². The number of hydrogen-bond donors (Lipinski definition) is 2. The van der Waals surface area contributed by atoms with Crippen molar-refractivity contribution in [3.05, 3.63) is 34.9 Å². The molecule has 2 heterocycles. The Morgan fingerprint density at radius 2 is 1.68 bits per heavy atom. The second-order valence-corrected chi connectivity index (χ2v) is 14.8. The minimum Gasteiger partial charge on any atom is -0.351 e. The minimum atomic E-state index is -0.640. The Morgan fingerprint density at radius 3 is 2.27 bits per heavy atom. The molecule has 226 valence electrons. The van der Waals surface area contributed by atoms with Gasteiger partial charge in [0, 0.05) is 42.7 Å². The van der Waals surface area contributed by atoms with Crippen LogP contribution in [-0.4, -0.2) is 71.8 Å². The molecule has 4 atom stereocenters. The normalized spacial score (nSPS) is 27.4. The Balaban J connectivity index is 1.31. The predicted molar refractivity (Wildman–Crippen MR) is 162 cm³/mol. The van der Waals surface area contributed by atoms with Gasteiger partial charge in [0.2, 0.25) is 17.7 Å². The first-order valence-electron chi connectivity index (χ1n) is 15.8. The number of likely N-dealkylation sites (tertiary alicyclic amines) is 2. The second kappa shape index (κ2) is 12.2. The van der Waals surface area contributed by atoms with E-state index in [9.17, 15) is 14.4 Å². The molecule has 1 aromatic carbocycles. The molecule has 0 radical (unpaired) electrons. The van der Waals surface area contributed by atoms with Crippen LogP contribution in [0.5, 0.6) is 0 Å².